The van der Waals surface area contributed by atoms with Gasteiger partial charge in [-0.1, -0.05) is 41.5 Å². The number of amides is 1. The molecule has 2 heterocycles. The Labute approximate surface area is 200 Å². The number of hydrogen-bond donors (Lipinski definition) is 1. The van der Waals surface area contributed by atoms with Crippen molar-refractivity contribution in [1.29, 1.82) is 0 Å². The first kappa shape index (κ1) is 27.4. The molecule has 0 bridgehead atoms. The third kappa shape index (κ3) is 6.20. The lowest BCUT2D eigenvalue weighted by Crippen LogP contribution is -2.64. The number of rotatable bonds is 9. The Morgan fingerprint density at radius 3 is 2.12 bits per heavy atom. The second-order valence-corrected chi connectivity index (χ2v) is 22.9. The standard InChI is InChI=1S/C24H43NO4SSi2/c1-16(29-32(10,11)24(5,6)7)21-18(25-22(21)27)14-19(26)20-13-12-17(30-20)15-28-31(8,9)23(2,3)4/h12-13,16,18,21H,14-15H2,1-11H3,(H,25,27)/t16-,18+,21+/m0/s1. The molecule has 1 N–H and O–H groups in total. The number of carbonyl (C=O) groups excluding carboxylic acids is 2. The van der Waals surface area contributed by atoms with Crippen LogP contribution in [0.5, 0.6) is 0 Å². The summed E-state index contributed by atoms with van der Waals surface area (Å²) in [5.74, 6) is -0.207. The van der Waals surface area contributed by atoms with E-state index in [-0.39, 0.29) is 39.8 Å². The zero-order valence-electron chi connectivity index (χ0n) is 21.8. The minimum atomic E-state index is -1.98. The fraction of sp³-hybridized carbons (Fsp3) is 0.750. The van der Waals surface area contributed by atoms with Crippen molar-refractivity contribution < 1.29 is 18.4 Å². The van der Waals surface area contributed by atoms with E-state index in [1.807, 2.05) is 19.1 Å². The summed E-state index contributed by atoms with van der Waals surface area (Å²) in [4.78, 5) is 27.0. The Bertz CT molecular complexity index is 836. The molecule has 32 heavy (non-hydrogen) atoms. The molecule has 0 spiro atoms. The Morgan fingerprint density at radius 1 is 1.06 bits per heavy atom. The van der Waals surface area contributed by atoms with Crippen molar-refractivity contribution in [1.82, 2.24) is 5.32 Å². The minimum absolute atomic E-state index is 0.0105. The van der Waals surface area contributed by atoms with Crippen LogP contribution in [0.15, 0.2) is 12.1 Å². The first-order chi connectivity index (χ1) is 14.4. The van der Waals surface area contributed by atoms with Gasteiger partial charge in [0.1, 0.15) is 0 Å². The van der Waals surface area contributed by atoms with Crippen LogP contribution in [0.4, 0.5) is 0 Å². The molecule has 1 saturated heterocycles. The van der Waals surface area contributed by atoms with Crippen molar-refractivity contribution in [2.24, 2.45) is 5.92 Å². The van der Waals surface area contributed by atoms with Gasteiger partial charge in [-0.3, -0.25) is 9.59 Å². The number of ketones is 1. The van der Waals surface area contributed by atoms with Crippen LogP contribution in [0, 0.1) is 5.92 Å². The quantitative estimate of drug-likeness (QED) is 0.245. The van der Waals surface area contributed by atoms with Gasteiger partial charge in [0.25, 0.3) is 0 Å². The summed E-state index contributed by atoms with van der Waals surface area (Å²) in [6, 6.07) is 3.72. The highest BCUT2D eigenvalue weighted by Crippen LogP contribution is 2.40. The van der Waals surface area contributed by atoms with Gasteiger partial charge in [0, 0.05) is 11.3 Å². The summed E-state index contributed by atoms with van der Waals surface area (Å²) in [6.07, 6.45) is 0.115. The van der Waals surface area contributed by atoms with Gasteiger partial charge in [0.15, 0.2) is 22.4 Å². The van der Waals surface area contributed by atoms with Crippen LogP contribution in [0.1, 0.15) is 69.4 Å². The number of Topliss-reactive ketones (excluding diaryl/α,β-unsaturated/α-hetero) is 1. The lowest BCUT2D eigenvalue weighted by atomic mass is 9.83. The highest BCUT2D eigenvalue weighted by atomic mass is 32.1. The molecule has 1 aromatic rings. The van der Waals surface area contributed by atoms with E-state index in [0.717, 1.165) is 9.75 Å². The van der Waals surface area contributed by atoms with Gasteiger partial charge in [0.05, 0.1) is 29.5 Å². The van der Waals surface area contributed by atoms with E-state index in [2.05, 4.69) is 73.0 Å². The first-order valence-electron chi connectivity index (χ1n) is 11.6. The topological polar surface area (TPSA) is 64.6 Å². The average Bonchev–Trinajstić information content (AvgIpc) is 3.05. The van der Waals surface area contributed by atoms with E-state index < -0.39 is 16.6 Å². The lowest BCUT2D eigenvalue weighted by Gasteiger charge is -2.45. The van der Waals surface area contributed by atoms with Gasteiger partial charge >= 0.3 is 0 Å². The van der Waals surface area contributed by atoms with E-state index in [1.54, 1.807) is 0 Å². The third-order valence-corrected chi connectivity index (χ3v) is 17.7. The van der Waals surface area contributed by atoms with Gasteiger partial charge in [0.2, 0.25) is 5.91 Å². The largest absolute Gasteiger partial charge is 0.413 e. The molecule has 1 aromatic heterocycles. The molecule has 0 saturated carbocycles. The normalized spacial score (nSPS) is 21.2. The SMILES string of the molecule is C[C@H](O[Si](C)(C)C(C)(C)C)[C@H]1C(=O)N[C@@H]1CC(=O)c1ccc(CO[Si](C)(C)C(C)(C)C)s1. The van der Waals surface area contributed by atoms with E-state index >= 15 is 0 Å². The predicted molar refractivity (Wildman–Crippen MR) is 138 cm³/mol. The summed E-state index contributed by atoms with van der Waals surface area (Å²) in [5.41, 5.74) is 0. The van der Waals surface area contributed by atoms with E-state index in [4.69, 9.17) is 8.85 Å². The fourth-order valence-corrected chi connectivity index (χ4v) is 6.62. The molecule has 0 aliphatic carbocycles. The van der Waals surface area contributed by atoms with Crippen LogP contribution in [-0.2, 0) is 20.3 Å². The van der Waals surface area contributed by atoms with Gasteiger partial charge in [-0.15, -0.1) is 11.3 Å². The van der Waals surface area contributed by atoms with Gasteiger partial charge in [-0.2, -0.15) is 0 Å². The number of β-lactam (4-membered cyclic amide) rings is 1. The Balaban J connectivity index is 1.97. The number of nitrogens with one attached hydrogen (secondary N) is 1. The van der Waals surface area contributed by atoms with Crippen molar-refractivity contribution in [2.45, 2.75) is 110 Å². The van der Waals surface area contributed by atoms with Gasteiger partial charge in [-0.25, -0.2) is 0 Å². The van der Waals surface area contributed by atoms with Crippen LogP contribution in [0.25, 0.3) is 0 Å². The molecule has 0 aromatic carbocycles. The Hall–Kier alpha value is -0.806. The van der Waals surface area contributed by atoms with Crippen molar-refractivity contribution in [2.75, 3.05) is 0 Å². The maximum absolute atomic E-state index is 12.9. The predicted octanol–water partition coefficient (Wildman–Crippen LogP) is 6.37. The van der Waals surface area contributed by atoms with Gasteiger partial charge < -0.3 is 14.2 Å². The molecule has 1 aliphatic rings. The molecule has 1 amide bonds. The third-order valence-electron chi connectivity index (χ3n) is 7.58. The highest BCUT2D eigenvalue weighted by Gasteiger charge is 2.48. The summed E-state index contributed by atoms with van der Waals surface area (Å²) >= 11 is 1.50. The van der Waals surface area contributed by atoms with E-state index in [9.17, 15) is 9.59 Å². The summed E-state index contributed by atoms with van der Waals surface area (Å²) in [6.45, 7) is 24.6. The highest BCUT2D eigenvalue weighted by molar-refractivity contribution is 7.14. The average molecular weight is 498 g/mol. The molecule has 1 aliphatic heterocycles. The maximum atomic E-state index is 12.9. The molecule has 0 radical (unpaired) electrons. The first-order valence-corrected chi connectivity index (χ1v) is 18.2. The lowest BCUT2D eigenvalue weighted by molar-refractivity contribution is -0.139. The number of carbonyl (C=O) groups is 2. The molecule has 1 fully saturated rings. The summed E-state index contributed by atoms with van der Waals surface area (Å²) in [7, 11) is -3.81. The Kier molecular flexibility index (Phi) is 8.10. The fourth-order valence-electron chi connectivity index (χ4n) is 3.26. The molecule has 182 valence electrons. The van der Waals surface area contributed by atoms with Crippen LogP contribution in [-0.4, -0.2) is 40.5 Å². The van der Waals surface area contributed by atoms with Gasteiger partial charge in [-0.05, 0) is 55.3 Å². The Morgan fingerprint density at radius 2 is 1.62 bits per heavy atom. The van der Waals surface area contributed by atoms with Crippen LogP contribution < -0.4 is 5.32 Å². The molecule has 8 heteroatoms. The second kappa shape index (κ2) is 9.45. The van der Waals surface area contributed by atoms with Crippen molar-refractivity contribution in [3.63, 3.8) is 0 Å². The molecular formula is C24H43NO4SSi2. The minimum Gasteiger partial charge on any atom is -0.413 e. The van der Waals surface area contributed by atoms with Crippen molar-refractivity contribution >= 4 is 39.7 Å². The van der Waals surface area contributed by atoms with Crippen LogP contribution in [0.2, 0.25) is 36.3 Å². The maximum Gasteiger partial charge on any atom is 0.228 e. The molecule has 3 atom stereocenters. The molecule has 2 rings (SSSR count). The molecule has 5 nitrogen and oxygen atoms in total. The summed E-state index contributed by atoms with van der Waals surface area (Å²) < 4.78 is 12.7. The zero-order chi connectivity index (χ0) is 24.7. The van der Waals surface area contributed by atoms with Crippen LogP contribution >= 0.6 is 11.3 Å². The van der Waals surface area contributed by atoms with E-state index in [0.29, 0.717) is 13.0 Å². The zero-order valence-corrected chi connectivity index (χ0v) is 24.7. The monoisotopic (exact) mass is 497 g/mol. The second-order valence-electron chi connectivity index (χ2n) is 12.2. The smallest absolute Gasteiger partial charge is 0.228 e. The molecular weight excluding hydrogens is 455 g/mol. The number of hydrogen-bond acceptors (Lipinski definition) is 5. The van der Waals surface area contributed by atoms with Crippen molar-refractivity contribution in [3.05, 3.63) is 21.9 Å². The van der Waals surface area contributed by atoms with Crippen molar-refractivity contribution in [3.8, 4) is 0 Å². The van der Waals surface area contributed by atoms with Crippen LogP contribution in [0.3, 0.4) is 0 Å². The molecule has 0 unspecified atom stereocenters. The number of thiophene rings is 1. The summed E-state index contributed by atoms with van der Waals surface area (Å²) in [5, 5.41) is 3.16. The van der Waals surface area contributed by atoms with E-state index in [1.165, 1.54) is 11.3 Å².